The maximum absolute atomic E-state index is 12.5. The van der Waals surface area contributed by atoms with Gasteiger partial charge < -0.3 is 10.1 Å². The van der Waals surface area contributed by atoms with E-state index in [1.165, 1.54) is 15.5 Å². The van der Waals surface area contributed by atoms with Crippen LogP contribution in [0.15, 0.2) is 53.3 Å². The Kier molecular flexibility index (Phi) is 5.73. The number of benzene rings is 2. The summed E-state index contributed by atoms with van der Waals surface area (Å²) in [6.07, 6.45) is 0.965. The number of carbonyl (C=O) groups excluding carboxylic acids is 1. The van der Waals surface area contributed by atoms with Gasteiger partial charge in [-0.25, -0.2) is 0 Å². The Morgan fingerprint density at radius 1 is 1.19 bits per heavy atom. The summed E-state index contributed by atoms with van der Waals surface area (Å²) >= 11 is 1.32. The van der Waals surface area contributed by atoms with Crippen LogP contribution in [0.2, 0.25) is 0 Å². The molecule has 0 saturated heterocycles. The molecule has 1 aromatic heterocycles. The fourth-order valence-corrected chi connectivity index (χ4v) is 3.65. The summed E-state index contributed by atoms with van der Waals surface area (Å²) in [7, 11) is 0. The number of nitrogens with zero attached hydrogens (tertiary/aromatic N) is 1. The third kappa shape index (κ3) is 3.96. The van der Waals surface area contributed by atoms with Crippen molar-refractivity contribution in [2.75, 3.05) is 6.61 Å². The zero-order valence-electron chi connectivity index (χ0n) is 14.9. The summed E-state index contributed by atoms with van der Waals surface area (Å²) in [4.78, 5) is 24.9. The van der Waals surface area contributed by atoms with E-state index in [2.05, 4.69) is 12.2 Å². The third-order valence-corrected chi connectivity index (χ3v) is 5.34. The first-order chi connectivity index (χ1) is 12.6. The van der Waals surface area contributed by atoms with E-state index in [-0.39, 0.29) is 11.5 Å². The molecule has 0 bridgehead atoms. The van der Waals surface area contributed by atoms with E-state index >= 15 is 0 Å². The SMILES string of the molecule is CCCOc1ccc(CNC(=O)[C@H](C)n2sc3ccccc3c2=O)cc1. The van der Waals surface area contributed by atoms with Gasteiger partial charge in [-0.05, 0) is 43.2 Å². The van der Waals surface area contributed by atoms with Crippen LogP contribution < -0.4 is 15.6 Å². The number of hydrogen-bond acceptors (Lipinski definition) is 4. The van der Waals surface area contributed by atoms with Crippen LogP contribution in [0, 0.1) is 0 Å². The second-order valence-electron chi connectivity index (χ2n) is 6.10. The van der Waals surface area contributed by atoms with Gasteiger partial charge in [0.1, 0.15) is 11.8 Å². The maximum atomic E-state index is 12.5. The molecule has 0 spiro atoms. The fourth-order valence-electron chi connectivity index (χ4n) is 2.61. The third-order valence-electron chi connectivity index (χ3n) is 4.11. The first-order valence-corrected chi connectivity index (χ1v) is 9.47. The molecule has 1 heterocycles. The molecule has 1 N–H and O–H groups in total. The molecule has 6 heteroatoms. The van der Waals surface area contributed by atoms with Gasteiger partial charge in [0.05, 0.1) is 16.7 Å². The van der Waals surface area contributed by atoms with Crippen LogP contribution in [0.1, 0.15) is 31.9 Å². The lowest BCUT2D eigenvalue weighted by molar-refractivity contribution is -0.123. The van der Waals surface area contributed by atoms with E-state index in [9.17, 15) is 9.59 Å². The Labute approximate surface area is 156 Å². The van der Waals surface area contributed by atoms with Gasteiger partial charge in [0.2, 0.25) is 5.91 Å². The summed E-state index contributed by atoms with van der Waals surface area (Å²) in [6, 6.07) is 14.5. The molecule has 3 rings (SSSR count). The summed E-state index contributed by atoms with van der Waals surface area (Å²) in [5.74, 6) is 0.650. The Morgan fingerprint density at radius 3 is 2.62 bits per heavy atom. The lowest BCUT2D eigenvalue weighted by atomic mass is 10.2. The highest BCUT2D eigenvalue weighted by atomic mass is 32.1. The van der Waals surface area contributed by atoms with Gasteiger partial charge in [0, 0.05) is 6.54 Å². The molecule has 0 aliphatic rings. The van der Waals surface area contributed by atoms with E-state index in [4.69, 9.17) is 4.74 Å². The van der Waals surface area contributed by atoms with Crippen LogP contribution in [0.5, 0.6) is 5.75 Å². The quantitative estimate of drug-likeness (QED) is 0.689. The van der Waals surface area contributed by atoms with Gasteiger partial charge in [-0.1, -0.05) is 42.7 Å². The van der Waals surface area contributed by atoms with Gasteiger partial charge in [0.25, 0.3) is 5.56 Å². The minimum atomic E-state index is -0.549. The standard InChI is InChI=1S/C20H22N2O3S/c1-3-12-25-16-10-8-15(9-11-16)13-21-19(23)14(2)22-20(24)17-6-4-5-7-18(17)26-22/h4-11,14H,3,12-13H2,1-2H3,(H,21,23)/t14-/m0/s1. The molecule has 136 valence electrons. The second kappa shape index (κ2) is 8.19. The second-order valence-corrected chi connectivity index (χ2v) is 7.12. The normalized spacial score (nSPS) is 12.1. The van der Waals surface area contributed by atoms with E-state index in [1.807, 2.05) is 42.5 Å². The Morgan fingerprint density at radius 2 is 1.92 bits per heavy atom. The van der Waals surface area contributed by atoms with E-state index in [1.54, 1.807) is 13.0 Å². The predicted molar refractivity (Wildman–Crippen MR) is 105 cm³/mol. The highest BCUT2D eigenvalue weighted by molar-refractivity contribution is 7.14. The minimum Gasteiger partial charge on any atom is -0.494 e. The van der Waals surface area contributed by atoms with E-state index in [0.29, 0.717) is 18.5 Å². The summed E-state index contributed by atoms with van der Waals surface area (Å²) in [5.41, 5.74) is 0.865. The molecular weight excluding hydrogens is 348 g/mol. The molecule has 0 saturated carbocycles. The van der Waals surface area contributed by atoms with Gasteiger partial charge >= 0.3 is 0 Å². The predicted octanol–water partition coefficient (Wildman–Crippen LogP) is 3.73. The Balaban J connectivity index is 1.64. The van der Waals surface area contributed by atoms with Crippen LogP contribution in [-0.4, -0.2) is 16.5 Å². The fraction of sp³-hybridized carbons (Fsp3) is 0.300. The molecule has 1 atom stereocenters. The van der Waals surface area contributed by atoms with Crippen molar-refractivity contribution in [2.45, 2.75) is 32.9 Å². The van der Waals surface area contributed by atoms with Crippen molar-refractivity contribution in [2.24, 2.45) is 0 Å². The molecular formula is C20H22N2O3S. The lowest BCUT2D eigenvalue weighted by Gasteiger charge is -2.12. The largest absolute Gasteiger partial charge is 0.494 e. The van der Waals surface area contributed by atoms with Crippen molar-refractivity contribution in [1.29, 1.82) is 0 Å². The maximum Gasteiger partial charge on any atom is 0.269 e. The summed E-state index contributed by atoms with van der Waals surface area (Å²) in [5, 5.41) is 3.55. The number of carbonyl (C=O) groups is 1. The van der Waals surface area contributed by atoms with Crippen molar-refractivity contribution in [3.63, 3.8) is 0 Å². The molecule has 0 unspecified atom stereocenters. The number of hydrogen-bond donors (Lipinski definition) is 1. The molecule has 0 aliphatic heterocycles. The lowest BCUT2D eigenvalue weighted by Crippen LogP contribution is -2.33. The number of aromatic nitrogens is 1. The first-order valence-electron chi connectivity index (χ1n) is 8.70. The average molecular weight is 370 g/mol. The van der Waals surface area contributed by atoms with Crippen molar-refractivity contribution >= 4 is 27.5 Å². The van der Waals surface area contributed by atoms with Gasteiger partial charge in [0.15, 0.2) is 0 Å². The van der Waals surface area contributed by atoms with Crippen molar-refractivity contribution in [3.8, 4) is 5.75 Å². The summed E-state index contributed by atoms with van der Waals surface area (Å²) < 4.78 is 7.97. The number of rotatable bonds is 7. The van der Waals surface area contributed by atoms with Crippen LogP contribution >= 0.6 is 11.5 Å². The van der Waals surface area contributed by atoms with E-state index < -0.39 is 6.04 Å². The smallest absolute Gasteiger partial charge is 0.269 e. The molecule has 1 amide bonds. The van der Waals surface area contributed by atoms with Crippen molar-refractivity contribution in [1.82, 2.24) is 9.27 Å². The highest BCUT2D eigenvalue weighted by Crippen LogP contribution is 2.19. The van der Waals surface area contributed by atoms with Crippen LogP contribution in [0.3, 0.4) is 0 Å². The van der Waals surface area contributed by atoms with Crippen molar-refractivity contribution in [3.05, 3.63) is 64.4 Å². The molecule has 0 radical (unpaired) electrons. The van der Waals surface area contributed by atoms with Crippen molar-refractivity contribution < 1.29 is 9.53 Å². The topological polar surface area (TPSA) is 60.3 Å². The molecule has 0 fully saturated rings. The highest BCUT2D eigenvalue weighted by Gasteiger charge is 2.19. The van der Waals surface area contributed by atoms with Crippen LogP contribution in [0.4, 0.5) is 0 Å². The minimum absolute atomic E-state index is 0.120. The molecule has 3 aromatic rings. The molecule has 5 nitrogen and oxygen atoms in total. The van der Waals surface area contributed by atoms with E-state index in [0.717, 1.165) is 22.4 Å². The Hall–Kier alpha value is -2.60. The van der Waals surface area contributed by atoms with Gasteiger partial charge in [-0.15, -0.1) is 0 Å². The van der Waals surface area contributed by atoms with Gasteiger partial charge in [-0.3, -0.25) is 13.5 Å². The van der Waals surface area contributed by atoms with Crippen LogP contribution in [-0.2, 0) is 11.3 Å². The molecule has 0 aliphatic carbocycles. The Bertz CT molecular complexity index is 944. The number of nitrogens with one attached hydrogen (secondary N) is 1. The zero-order chi connectivity index (χ0) is 18.5. The summed E-state index contributed by atoms with van der Waals surface area (Å²) in [6.45, 7) is 4.91. The monoisotopic (exact) mass is 370 g/mol. The van der Waals surface area contributed by atoms with Gasteiger partial charge in [-0.2, -0.15) is 0 Å². The number of amides is 1. The zero-order valence-corrected chi connectivity index (χ0v) is 15.7. The molecule has 2 aromatic carbocycles. The number of fused-ring (bicyclic) bond motifs is 1. The number of ether oxygens (including phenoxy) is 1. The average Bonchev–Trinajstić information content (AvgIpc) is 3.01. The first kappa shape index (κ1) is 18.2. The van der Waals surface area contributed by atoms with Crippen LogP contribution in [0.25, 0.3) is 10.1 Å². The molecule has 26 heavy (non-hydrogen) atoms.